The van der Waals surface area contributed by atoms with E-state index in [0.717, 1.165) is 21.1 Å². The fraction of sp³-hybridized carbons (Fsp3) is 0. The Kier molecular flexibility index (Phi) is 3.12. The summed E-state index contributed by atoms with van der Waals surface area (Å²) in [6.07, 6.45) is 6.59. The highest BCUT2D eigenvalue weighted by molar-refractivity contribution is 7.18. The van der Waals surface area contributed by atoms with Crippen molar-refractivity contribution in [2.24, 2.45) is 0 Å². The van der Waals surface area contributed by atoms with Gasteiger partial charge >= 0.3 is 0 Å². The highest BCUT2D eigenvalue weighted by atomic mass is 32.1. The Morgan fingerprint density at radius 1 is 1.11 bits per heavy atom. The van der Waals surface area contributed by atoms with E-state index >= 15 is 0 Å². The molecule has 0 saturated carbocycles. The highest BCUT2D eigenvalue weighted by Gasteiger charge is 2.07. The highest BCUT2D eigenvalue weighted by Crippen LogP contribution is 2.30. The quantitative estimate of drug-likeness (QED) is 0.740. The van der Waals surface area contributed by atoms with Crippen molar-refractivity contribution in [3.05, 3.63) is 54.6 Å². The summed E-state index contributed by atoms with van der Waals surface area (Å²) in [6, 6.07) is 9.50. The van der Waals surface area contributed by atoms with Gasteiger partial charge in [-0.1, -0.05) is 6.07 Å². The van der Waals surface area contributed by atoms with Crippen molar-refractivity contribution < 1.29 is 0 Å². The van der Waals surface area contributed by atoms with Gasteiger partial charge in [-0.3, -0.25) is 4.98 Å². The third-order valence-electron chi connectivity index (χ3n) is 2.59. The van der Waals surface area contributed by atoms with Crippen molar-refractivity contribution in [2.75, 3.05) is 0 Å². The summed E-state index contributed by atoms with van der Waals surface area (Å²) in [5.41, 5.74) is 2.49. The van der Waals surface area contributed by atoms with E-state index < -0.39 is 0 Å². The van der Waals surface area contributed by atoms with Crippen LogP contribution in [0, 0.1) is 5.41 Å². The third-order valence-corrected chi connectivity index (χ3v) is 3.65. The third kappa shape index (κ3) is 2.41. The number of aromatic nitrogens is 3. The molecule has 0 aliphatic rings. The predicted molar refractivity (Wildman–Crippen MR) is 76.5 cm³/mol. The van der Waals surface area contributed by atoms with E-state index in [4.69, 9.17) is 5.41 Å². The lowest BCUT2D eigenvalue weighted by Crippen LogP contribution is -1.87. The van der Waals surface area contributed by atoms with E-state index in [-0.39, 0.29) is 0 Å². The number of pyridine rings is 2. The van der Waals surface area contributed by atoms with E-state index in [9.17, 15) is 0 Å². The van der Waals surface area contributed by atoms with Crippen LogP contribution in [-0.4, -0.2) is 21.2 Å². The molecular weight excluding hydrogens is 256 g/mol. The van der Waals surface area contributed by atoms with Gasteiger partial charge in [0.15, 0.2) is 0 Å². The Morgan fingerprint density at radius 3 is 2.84 bits per heavy atom. The lowest BCUT2D eigenvalue weighted by atomic mass is 10.3. The molecule has 3 aromatic heterocycles. The van der Waals surface area contributed by atoms with Crippen molar-refractivity contribution in [3.8, 4) is 21.1 Å². The minimum Gasteiger partial charge on any atom is -0.307 e. The lowest BCUT2D eigenvalue weighted by molar-refractivity contribution is 1.29. The second-order valence-corrected chi connectivity index (χ2v) is 4.89. The second kappa shape index (κ2) is 5.07. The number of hydrogen-bond donors (Lipinski definition) is 1. The summed E-state index contributed by atoms with van der Waals surface area (Å²) in [5, 5.41) is 8.16. The predicted octanol–water partition coefficient (Wildman–Crippen LogP) is 3.26. The first kappa shape index (κ1) is 11.7. The lowest BCUT2D eigenvalue weighted by Gasteiger charge is -1.97. The van der Waals surface area contributed by atoms with Crippen LogP contribution in [0.4, 0.5) is 0 Å². The molecule has 0 saturated heterocycles. The summed E-state index contributed by atoms with van der Waals surface area (Å²) < 4.78 is 0. The van der Waals surface area contributed by atoms with Crippen LogP contribution in [0.2, 0.25) is 0 Å². The van der Waals surface area contributed by atoms with Gasteiger partial charge in [0.05, 0.1) is 16.3 Å². The van der Waals surface area contributed by atoms with E-state index in [1.54, 1.807) is 29.8 Å². The summed E-state index contributed by atoms with van der Waals surface area (Å²) in [7, 11) is 0. The molecule has 19 heavy (non-hydrogen) atoms. The largest absolute Gasteiger partial charge is 0.307 e. The molecular formula is C14H10N4S. The van der Waals surface area contributed by atoms with Crippen molar-refractivity contribution in [1.29, 1.82) is 5.41 Å². The first-order valence-corrected chi connectivity index (χ1v) is 6.52. The smallest absolute Gasteiger partial charge is 0.125 e. The summed E-state index contributed by atoms with van der Waals surface area (Å²) in [5.74, 6) is 0. The number of thiazole rings is 1. The topological polar surface area (TPSA) is 62.5 Å². The summed E-state index contributed by atoms with van der Waals surface area (Å²) in [6.45, 7) is 0. The van der Waals surface area contributed by atoms with Gasteiger partial charge in [0, 0.05) is 30.4 Å². The van der Waals surface area contributed by atoms with Gasteiger partial charge in [0.2, 0.25) is 0 Å². The van der Waals surface area contributed by atoms with Crippen LogP contribution in [-0.2, 0) is 0 Å². The Balaban J connectivity index is 1.99. The van der Waals surface area contributed by atoms with Crippen molar-refractivity contribution >= 4 is 17.6 Å². The number of hydrogen-bond acceptors (Lipinski definition) is 5. The number of nitrogens with zero attached hydrogens (tertiary/aromatic N) is 3. The minimum atomic E-state index is 0.647. The van der Waals surface area contributed by atoms with Gasteiger partial charge in [0.25, 0.3) is 0 Å². The molecule has 0 radical (unpaired) electrons. The molecule has 0 spiro atoms. The molecule has 3 rings (SSSR count). The van der Waals surface area contributed by atoms with E-state index in [0.29, 0.717) is 5.69 Å². The van der Waals surface area contributed by atoms with Crippen LogP contribution in [0.5, 0.6) is 0 Å². The van der Waals surface area contributed by atoms with Crippen LogP contribution in [0.3, 0.4) is 0 Å². The van der Waals surface area contributed by atoms with Gasteiger partial charge in [-0.15, -0.1) is 11.3 Å². The van der Waals surface area contributed by atoms with Gasteiger partial charge < -0.3 is 5.41 Å². The van der Waals surface area contributed by atoms with Gasteiger partial charge in [0.1, 0.15) is 5.01 Å². The first-order valence-electron chi connectivity index (χ1n) is 5.71. The van der Waals surface area contributed by atoms with Crippen LogP contribution < -0.4 is 0 Å². The zero-order valence-corrected chi connectivity index (χ0v) is 10.8. The molecule has 0 fully saturated rings. The molecule has 0 atom stereocenters. The molecule has 4 nitrogen and oxygen atoms in total. The van der Waals surface area contributed by atoms with Gasteiger partial charge in [-0.05, 0) is 24.3 Å². The van der Waals surface area contributed by atoms with Gasteiger partial charge in [-0.25, -0.2) is 9.97 Å². The fourth-order valence-electron chi connectivity index (χ4n) is 1.68. The van der Waals surface area contributed by atoms with Crippen molar-refractivity contribution in [2.45, 2.75) is 0 Å². The molecule has 92 valence electrons. The Labute approximate surface area is 114 Å². The molecule has 0 unspecified atom stereocenters. The number of rotatable bonds is 3. The molecule has 0 aliphatic heterocycles. The summed E-state index contributed by atoms with van der Waals surface area (Å²) >= 11 is 1.57. The average molecular weight is 266 g/mol. The zero-order chi connectivity index (χ0) is 13.1. The molecule has 0 aromatic carbocycles. The molecule has 0 amide bonds. The monoisotopic (exact) mass is 266 g/mol. The van der Waals surface area contributed by atoms with E-state index in [1.165, 1.54) is 6.21 Å². The van der Waals surface area contributed by atoms with Crippen molar-refractivity contribution in [1.82, 2.24) is 15.0 Å². The maximum atomic E-state index is 7.23. The fourth-order valence-corrected chi connectivity index (χ4v) is 2.56. The van der Waals surface area contributed by atoms with Crippen LogP contribution in [0.15, 0.2) is 48.9 Å². The molecule has 3 aromatic rings. The molecule has 0 bridgehead atoms. The minimum absolute atomic E-state index is 0.647. The molecule has 1 N–H and O–H groups in total. The maximum absolute atomic E-state index is 7.23. The second-order valence-electron chi connectivity index (χ2n) is 3.86. The maximum Gasteiger partial charge on any atom is 0.125 e. The SMILES string of the molecule is N=Cc1cccc(-c2cnc(-c3cccnc3)s2)n1. The van der Waals surface area contributed by atoms with E-state index in [2.05, 4.69) is 15.0 Å². The first-order chi connectivity index (χ1) is 9.36. The van der Waals surface area contributed by atoms with Gasteiger partial charge in [-0.2, -0.15) is 0 Å². The van der Waals surface area contributed by atoms with Crippen LogP contribution >= 0.6 is 11.3 Å². The molecule has 5 heteroatoms. The molecule has 0 aliphatic carbocycles. The van der Waals surface area contributed by atoms with Crippen molar-refractivity contribution in [3.63, 3.8) is 0 Å². The standard InChI is InChI=1S/C14H10N4S/c15-7-11-4-1-5-12(18-11)13-9-17-14(19-13)10-3-2-6-16-8-10/h1-9,15H. The molecule has 3 heterocycles. The van der Waals surface area contributed by atoms with Crippen LogP contribution in [0.25, 0.3) is 21.1 Å². The Bertz CT molecular complexity index is 706. The summed E-state index contributed by atoms with van der Waals surface area (Å²) in [4.78, 5) is 13.9. The normalized spacial score (nSPS) is 10.3. The number of nitrogens with one attached hydrogen (secondary N) is 1. The van der Waals surface area contributed by atoms with Crippen LogP contribution in [0.1, 0.15) is 5.69 Å². The average Bonchev–Trinajstić information content (AvgIpc) is 2.98. The Morgan fingerprint density at radius 2 is 2.05 bits per heavy atom. The Hall–Kier alpha value is -2.40. The van der Waals surface area contributed by atoms with E-state index in [1.807, 2.05) is 30.5 Å². The zero-order valence-electron chi connectivity index (χ0n) is 9.95.